The first-order valence-corrected chi connectivity index (χ1v) is 32.0. The number of anilines is 6. The average molecular weight is 1160 g/mol. The molecule has 2 nitrogen and oxygen atoms in total. The molecule has 2 aliphatic carbocycles. The standard InChI is InChI=1S/C88H76N2/c1-85(2,3)63-37-41-65(42-38-63)89(83-53-61-19-11-13-21-69(61)71-23-15-17-25-77(71)83)67-45-49-75-73-47-35-59(51-79(73)87(7,8)81(75)55-67)33-31-57-27-29-58(30-28-57)32-34-60-36-48-74-76-50-46-68(56-82(76)88(9,10)80(74)52-60)90(66-43-39-64(40-44-66)86(4,5)6)84-54-62-20-12-14-22-70(62)72-24-16-18-26-78(72)84/h11-56H,1-10H3/b33-31+,34-32+. The third-order valence-corrected chi connectivity index (χ3v) is 19.7. The van der Waals surface area contributed by atoms with Crippen LogP contribution in [0.5, 0.6) is 0 Å². The molecule has 0 saturated heterocycles. The summed E-state index contributed by atoms with van der Waals surface area (Å²) in [6, 6.07) is 95.8. The predicted octanol–water partition coefficient (Wildman–Crippen LogP) is 24.8. The van der Waals surface area contributed by atoms with Gasteiger partial charge in [-0.05, 0) is 182 Å². The van der Waals surface area contributed by atoms with Gasteiger partial charge in [0.15, 0.2) is 0 Å². The van der Waals surface area contributed by atoms with Crippen LogP contribution in [-0.2, 0) is 21.7 Å². The van der Waals surface area contributed by atoms with Crippen molar-refractivity contribution in [3.8, 4) is 22.3 Å². The van der Waals surface area contributed by atoms with E-state index in [2.05, 4.69) is 358 Å². The Morgan fingerprint density at radius 3 is 0.922 bits per heavy atom. The van der Waals surface area contributed by atoms with Crippen molar-refractivity contribution in [2.75, 3.05) is 9.80 Å². The van der Waals surface area contributed by atoms with Crippen molar-refractivity contribution >= 4 is 102 Å². The molecule has 0 heterocycles. The van der Waals surface area contributed by atoms with Gasteiger partial charge in [0.25, 0.3) is 0 Å². The molecule has 438 valence electrons. The van der Waals surface area contributed by atoms with E-state index in [-0.39, 0.29) is 21.7 Å². The fourth-order valence-corrected chi connectivity index (χ4v) is 14.6. The zero-order valence-electron chi connectivity index (χ0n) is 53.5. The molecule has 0 bridgehead atoms. The van der Waals surface area contributed by atoms with E-state index in [0.717, 1.165) is 22.7 Å². The fraction of sp³-hybridized carbons (Fsp3) is 0.159. The summed E-state index contributed by atoms with van der Waals surface area (Å²) in [5.74, 6) is 0. The number of nitrogens with zero attached hydrogens (tertiary/aromatic N) is 2. The van der Waals surface area contributed by atoms with Gasteiger partial charge in [0.2, 0.25) is 0 Å². The van der Waals surface area contributed by atoms with Crippen molar-refractivity contribution in [2.45, 2.75) is 90.9 Å². The van der Waals surface area contributed by atoms with Gasteiger partial charge in [-0.25, -0.2) is 0 Å². The number of hydrogen-bond acceptors (Lipinski definition) is 2. The second kappa shape index (κ2) is 21.4. The van der Waals surface area contributed by atoms with Gasteiger partial charge in [-0.15, -0.1) is 0 Å². The number of hydrogen-bond donors (Lipinski definition) is 0. The van der Waals surface area contributed by atoms with E-state index in [1.54, 1.807) is 0 Å². The van der Waals surface area contributed by atoms with Crippen LogP contribution in [0.15, 0.2) is 255 Å². The van der Waals surface area contributed by atoms with Gasteiger partial charge < -0.3 is 9.80 Å². The van der Waals surface area contributed by atoms with Crippen molar-refractivity contribution in [3.63, 3.8) is 0 Å². The van der Waals surface area contributed by atoms with E-state index in [9.17, 15) is 0 Å². The van der Waals surface area contributed by atoms with Crippen LogP contribution in [0.1, 0.15) is 125 Å². The second-order valence-corrected chi connectivity index (χ2v) is 28.2. The fourth-order valence-electron chi connectivity index (χ4n) is 14.6. The molecule has 0 N–H and O–H groups in total. The Kier molecular flexibility index (Phi) is 13.4. The summed E-state index contributed by atoms with van der Waals surface area (Å²) in [4.78, 5) is 4.96. The molecule has 2 aliphatic rings. The van der Waals surface area contributed by atoms with E-state index in [1.807, 2.05) is 0 Å². The molecule has 13 aromatic rings. The van der Waals surface area contributed by atoms with Crippen LogP contribution < -0.4 is 9.80 Å². The summed E-state index contributed by atoms with van der Waals surface area (Å²) < 4.78 is 0. The first-order chi connectivity index (χ1) is 43.4. The molecule has 15 rings (SSSR count). The SMILES string of the molecule is CC(C)(C)c1ccc(N(c2ccc3c(c2)C(C)(C)c2cc(/C=C/c4ccc(/C=C/c5ccc6c(c5)C(C)(C)c5cc(N(c7ccc(C(C)(C)C)cc7)c7cc8ccccc8c8ccccc78)ccc5-6)cc4)ccc2-3)c2cc3ccccc3c3ccccc23)cc1. The van der Waals surface area contributed by atoms with Gasteiger partial charge in [-0.3, -0.25) is 0 Å². The summed E-state index contributed by atoms with van der Waals surface area (Å²) in [5.41, 5.74) is 24.6. The minimum absolute atomic E-state index is 0.0500. The van der Waals surface area contributed by atoms with E-state index < -0.39 is 0 Å². The Labute approximate surface area is 531 Å². The largest absolute Gasteiger partial charge is 0.310 e. The predicted molar refractivity (Wildman–Crippen MR) is 389 cm³/mol. The summed E-state index contributed by atoms with van der Waals surface area (Å²) in [6.45, 7) is 23.3. The van der Waals surface area contributed by atoms with Gasteiger partial charge >= 0.3 is 0 Å². The average Bonchev–Trinajstić information content (AvgIpc) is 1.48. The topological polar surface area (TPSA) is 6.48 Å². The van der Waals surface area contributed by atoms with Crippen LogP contribution in [-0.4, -0.2) is 0 Å². The molecule has 0 aliphatic heterocycles. The molecule has 0 amide bonds. The lowest BCUT2D eigenvalue weighted by molar-refractivity contribution is 0.590. The molecule has 13 aromatic carbocycles. The lowest BCUT2D eigenvalue weighted by Crippen LogP contribution is -2.17. The Bertz CT molecular complexity index is 4730. The summed E-state index contributed by atoms with van der Waals surface area (Å²) in [7, 11) is 0. The van der Waals surface area contributed by atoms with E-state index in [0.29, 0.717) is 0 Å². The van der Waals surface area contributed by atoms with Crippen molar-refractivity contribution in [2.24, 2.45) is 0 Å². The Balaban J connectivity index is 0.680. The summed E-state index contributed by atoms with van der Waals surface area (Å²) in [5, 5.41) is 9.99. The molecule has 0 fully saturated rings. The number of fused-ring (bicyclic) bond motifs is 12. The van der Waals surface area contributed by atoms with Crippen molar-refractivity contribution < 1.29 is 0 Å². The zero-order valence-corrected chi connectivity index (χ0v) is 53.5. The van der Waals surface area contributed by atoms with Crippen molar-refractivity contribution in [1.29, 1.82) is 0 Å². The van der Waals surface area contributed by atoms with E-state index in [1.165, 1.54) is 132 Å². The van der Waals surface area contributed by atoms with Gasteiger partial charge in [-0.2, -0.15) is 0 Å². The van der Waals surface area contributed by atoms with Gasteiger partial charge in [0.05, 0.1) is 11.4 Å². The first kappa shape index (κ1) is 56.5. The first-order valence-electron chi connectivity index (χ1n) is 32.0. The summed E-state index contributed by atoms with van der Waals surface area (Å²) in [6.07, 6.45) is 9.03. The lowest BCUT2D eigenvalue weighted by atomic mass is 9.81. The normalized spacial score (nSPS) is 14.0. The van der Waals surface area contributed by atoms with Crippen molar-refractivity contribution in [1.82, 2.24) is 0 Å². The number of rotatable bonds is 10. The third-order valence-electron chi connectivity index (χ3n) is 19.7. The number of benzene rings is 13. The van der Waals surface area contributed by atoms with Crippen LogP contribution in [0.4, 0.5) is 34.1 Å². The highest BCUT2D eigenvalue weighted by Crippen LogP contribution is 2.54. The highest BCUT2D eigenvalue weighted by molar-refractivity contribution is 6.16. The smallest absolute Gasteiger partial charge is 0.0546 e. The van der Waals surface area contributed by atoms with E-state index >= 15 is 0 Å². The Hall–Kier alpha value is -10.0. The van der Waals surface area contributed by atoms with Crippen LogP contribution in [0, 0.1) is 0 Å². The maximum atomic E-state index is 2.48. The van der Waals surface area contributed by atoms with Gasteiger partial charge in [-0.1, -0.05) is 288 Å². The molecule has 0 aromatic heterocycles. The quantitative estimate of drug-likeness (QED) is 0.0995. The van der Waals surface area contributed by atoms with Crippen LogP contribution in [0.3, 0.4) is 0 Å². The lowest BCUT2D eigenvalue weighted by Gasteiger charge is -2.30. The Morgan fingerprint density at radius 1 is 0.267 bits per heavy atom. The molecule has 0 spiro atoms. The minimum atomic E-state index is -0.218. The minimum Gasteiger partial charge on any atom is -0.310 e. The molecule has 90 heavy (non-hydrogen) atoms. The molecule has 0 saturated carbocycles. The second-order valence-electron chi connectivity index (χ2n) is 28.2. The Morgan fingerprint density at radius 2 is 0.556 bits per heavy atom. The molecular formula is C88H76N2. The maximum Gasteiger partial charge on any atom is 0.0546 e. The van der Waals surface area contributed by atoms with Crippen LogP contribution >= 0.6 is 0 Å². The molecule has 0 radical (unpaired) electrons. The molecule has 0 unspecified atom stereocenters. The van der Waals surface area contributed by atoms with Crippen LogP contribution in [0.25, 0.3) is 89.6 Å². The molecule has 2 heteroatoms. The third kappa shape index (κ3) is 9.73. The monoisotopic (exact) mass is 1160 g/mol. The molecular weight excluding hydrogens is 1080 g/mol. The zero-order chi connectivity index (χ0) is 61.8. The highest BCUT2D eigenvalue weighted by atomic mass is 15.1. The van der Waals surface area contributed by atoms with Crippen LogP contribution in [0.2, 0.25) is 0 Å². The van der Waals surface area contributed by atoms with Gasteiger partial charge in [0, 0.05) is 44.4 Å². The summed E-state index contributed by atoms with van der Waals surface area (Å²) >= 11 is 0. The highest BCUT2D eigenvalue weighted by Gasteiger charge is 2.38. The molecule has 0 atom stereocenters. The maximum absolute atomic E-state index is 2.48. The van der Waals surface area contributed by atoms with Crippen molar-refractivity contribution in [3.05, 3.63) is 310 Å². The van der Waals surface area contributed by atoms with Gasteiger partial charge in [0.1, 0.15) is 0 Å². The van der Waals surface area contributed by atoms with E-state index in [4.69, 9.17) is 0 Å².